The largest absolute Gasteiger partial charge is 0.465 e. The number of nitrogens with one attached hydrogen (secondary N) is 1. The number of amides is 1. The zero-order valence-electron chi connectivity index (χ0n) is 11.9. The molecule has 21 heavy (non-hydrogen) atoms. The average molecular weight is 287 g/mol. The van der Waals surface area contributed by atoms with Crippen LogP contribution in [0.2, 0.25) is 0 Å². The monoisotopic (exact) mass is 287 g/mol. The summed E-state index contributed by atoms with van der Waals surface area (Å²) < 4.78 is 0. The van der Waals surface area contributed by atoms with E-state index in [9.17, 15) is 9.90 Å². The van der Waals surface area contributed by atoms with Gasteiger partial charge < -0.3 is 10.2 Å². The molecule has 1 unspecified atom stereocenters. The van der Waals surface area contributed by atoms with E-state index in [4.69, 9.17) is 5.11 Å². The van der Waals surface area contributed by atoms with Crippen LogP contribution in [-0.2, 0) is 6.42 Å². The van der Waals surface area contributed by atoms with Crippen LogP contribution < -0.4 is 5.32 Å². The number of benzene rings is 1. The van der Waals surface area contributed by atoms with Gasteiger partial charge in [0.15, 0.2) is 0 Å². The van der Waals surface area contributed by atoms with Gasteiger partial charge in [-0.25, -0.2) is 14.8 Å². The van der Waals surface area contributed by atoms with Gasteiger partial charge in [0, 0.05) is 23.9 Å². The number of nitrogens with zero attached hydrogens (tertiary/aromatic N) is 2. The summed E-state index contributed by atoms with van der Waals surface area (Å²) >= 11 is 0. The summed E-state index contributed by atoms with van der Waals surface area (Å²) in [5.74, 6) is 0.552. The molecule has 1 aromatic carbocycles. The minimum absolute atomic E-state index is 0.375. The summed E-state index contributed by atoms with van der Waals surface area (Å²) in [5, 5.41) is 20.6. The van der Waals surface area contributed by atoms with Crippen LogP contribution >= 0.6 is 0 Å². The Morgan fingerprint density at radius 3 is 2.81 bits per heavy atom. The molecule has 0 aliphatic rings. The third-order valence-electron chi connectivity index (χ3n) is 2.96. The van der Waals surface area contributed by atoms with E-state index in [0.717, 1.165) is 11.1 Å². The van der Waals surface area contributed by atoms with Gasteiger partial charge in [0.25, 0.3) is 0 Å². The minimum atomic E-state index is -1.10. The summed E-state index contributed by atoms with van der Waals surface area (Å²) in [6, 6.07) is 7.19. The molecule has 6 heteroatoms. The summed E-state index contributed by atoms with van der Waals surface area (Å²) in [6.07, 6.45) is 0.389. The standard InChI is InChI=1S/C15H17N3O3/c1-9-3-4-11(8-13(9)18-15(20)21)12-5-6-16-14(17-12)7-10(2)19/h3-6,8,10,18-19H,7H2,1-2H3,(H,20,21). The van der Waals surface area contributed by atoms with E-state index in [1.807, 2.05) is 19.1 Å². The Labute approximate surface area is 122 Å². The number of hydrogen-bond acceptors (Lipinski definition) is 4. The predicted octanol–water partition coefficient (Wildman–Crippen LogP) is 2.47. The van der Waals surface area contributed by atoms with Gasteiger partial charge in [0.1, 0.15) is 5.82 Å². The molecule has 0 radical (unpaired) electrons. The Balaban J connectivity index is 2.35. The predicted molar refractivity (Wildman–Crippen MR) is 79.2 cm³/mol. The van der Waals surface area contributed by atoms with E-state index in [1.54, 1.807) is 25.3 Å². The SMILES string of the molecule is Cc1ccc(-c2ccnc(CC(C)O)n2)cc1NC(=O)O. The van der Waals surface area contributed by atoms with Crippen LogP contribution in [0.25, 0.3) is 11.3 Å². The normalized spacial score (nSPS) is 12.0. The van der Waals surface area contributed by atoms with Crippen molar-refractivity contribution >= 4 is 11.8 Å². The second-order valence-electron chi connectivity index (χ2n) is 4.87. The molecule has 0 saturated carbocycles. The van der Waals surface area contributed by atoms with Crippen molar-refractivity contribution in [1.29, 1.82) is 0 Å². The van der Waals surface area contributed by atoms with Gasteiger partial charge in [-0.1, -0.05) is 12.1 Å². The first-order valence-corrected chi connectivity index (χ1v) is 6.56. The van der Waals surface area contributed by atoms with Crippen LogP contribution in [0, 0.1) is 6.92 Å². The van der Waals surface area contributed by atoms with E-state index in [-0.39, 0.29) is 0 Å². The van der Waals surface area contributed by atoms with Crippen molar-refractivity contribution < 1.29 is 15.0 Å². The molecule has 0 aliphatic carbocycles. The number of aryl methyl sites for hydroxylation is 1. The highest BCUT2D eigenvalue weighted by Crippen LogP contribution is 2.24. The molecule has 0 fully saturated rings. The lowest BCUT2D eigenvalue weighted by Gasteiger charge is -2.09. The number of carboxylic acid groups (broad SMARTS) is 1. The summed E-state index contributed by atoms with van der Waals surface area (Å²) in [6.45, 7) is 3.50. The maximum Gasteiger partial charge on any atom is 0.409 e. The van der Waals surface area contributed by atoms with Gasteiger partial charge in [-0.15, -0.1) is 0 Å². The molecule has 1 atom stereocenters. The van der Waals surface area contributed by atoms with Gasteiger partial charge in [-0.05, 0) is 31.5 Å². The lowest BCUT2D eigenvalue weighted by Crippen LogP contribution is -2.09. The van der Waals surface area contributed by atoms with Crippen molar-refractivity contribution in [2.24, 2.45) is 0 Å². The first kappa shape index (κ1) is 14.9. The molecule has 2 aromatic rings. The highest BCUT2D eigenvalue weighted by molar-refractivity contribution is 5.85. The molecule has 0 spiro atoms. The molecule has 1 heterocycles. The molecule has 3 N–H and O–H groups in total. The summed E-state index contributed by atoms with van der Waals surface area (Å²) in [5.41, 5.74) is 2.84. The fourth-order valence-corrected chi connectivity index (χ4v) is 1.95. The highest BCUT2D eigenvalue weighted by atomic mass is 16.4. The van der Waals surface area contributed by atoms with Crippen molar-refractivity contribution in [2.75, 3.05) is 5.32 Å². The van der Waals surface area contributed by atoms with E-state index in [1.165, 1.54) is 0 Å². The molecule has 0 bridgehead atoms. The second-order valence-corrected chi connectivity index (χ2v) is 4.87. The summed E-state index contributed by atoms with van der Waals surface area (Å²) in [4.78, 5) is 19.3. The number of hydrogen-bond donors (Lipinski definition) is 3. The van der Waals surface area contributed by atoms with Crippen LogP contribution in [0.3, 0.4) is 0 Å². The molecule has 110 valence electrons. The molecular formula is C15H17N3O3. The molecule has 0 saturated heterocycles. The average Bonchev–Trinajstić information content (AvgIpc) is 2.40. The second kappa shape index (κ2) is 6.32. The van der Waals surface area contributed by atoms with Gasteiger partial charge in [0.2, 0.25) is 0 Å². The van der Waals surface area contributed by atoms with E-state index >= 15 is 0 Å². The minimum Gasteiger partial charge on any atom is -0.465 e. The highest BCUT2D eigenvalue weighted by Gasteiger charge is 2.08. The number of aliphatic hydroxyl groups excluding tert-OH is 1. The number of anilines is 1. The van der Waals surface area contributed by atoms with Crippen LogP contribution in [0.15, 0.2) is 30.5 Å². The summed E-state index contributed by atoms with van der Waals surface area (Å²) in [7, 11) is 0. The van der Waals surface area contributed by atoms with Crippen molar-refractivity contribution in [1.82, 2.24) is 9.97 Å². The van der Waals surface area contributed by atoms with Crippen molar-refractivity contribution in [3.05, 3.63) is 41.9 Å². The topological polar surface area (TPSA) is 95.3 Å². The molecule has 1 aromatic heterocycles. The molecular weight excluding hydrogens is 270 g/mol. The molecule has 1 amide bonds. The number of aromatic nitrogens is 2. The van der Waals surface area contributed by atoms with Crippen molar-refractivity contribution in [2.45, 2.75) is 26.4 Å². The maximum atomic E-state index is 10.8. The fourth-order valence-electron chi connectivity index (χ4n) is 1.95. The van der Waals surface area contributed by atoms with Crippen LogP contribution in [0.4, 0.5) is 10.5 Å². The molecule has 6 nitrogen and oxygen atoms in total. The van der Waals surface area contributed by atoms with E-state index in [0.29, 0.717) is 23.6 Å². The third-order valence-corrected chi connectivity index (χ3v) is 2.96. The lowest BCUT2D eigenvalue weighted by molar-refractivity contribution is 0.193. The Kier molecular flexibility index (Phi) is 4.49. The quantitative estimate of drug-likeness (QED) is 0.803. The van der Waals surface area contributed by atoms with Crippen LogP contribution in [0.1, 0.15) is 18.3 Å². The van der Waals surface area contributed by atoms with Crippen LogP contribution in [-0.4, -0.2) is 32.4 Å². The number of rotatable bonds is 4. The van der Waals surface area contributed by atoms with E-state index in [2.05, 4.69) is 15.3 Å². The Morgan fingerprint density at radius 1 is 1.38 bits per heavy atom. The Morgan fingerprint density at radius 2 is 2.14 bits per heavy atom. The number of aliphatic hydroxyl groups is 1. The fraction of sp³-hybridized carbons (Fsp3) is 0.267. The Hall–Kier alpha value is -2.47. The van der Waals surface area contributed by atoms with Gasteiger partial charge >= 0.3 is 6.09 Å². The van der Waals surface area contributed by atoms with Gasteiger partial charge in [-0.2, -0.15) is 0 Å². The zero-order valence-corrected chi connectivity index (χ0v) is 11.9. The number of carbonyl (C=O) groups is 1. The first-order chi connectivity index (χ1) is 9.95. The molecule has 2 rings (SSSR count). The van der Waals surface area contributed by atoms with Crippen molar-refractivity contribution in [3.8, 4) is 11.3 Å². The zero-order chi connectivity index (χ0) is 15.4. The van der Waals surface area contributed by atoms with E-state index < -0.39 is 12.2 Å². The van der Waals surface area contributed by atoms with Crippen LogP contribution in [0.5, 0.6) is 0 Å². The third kappa shape index (κ3) is 4.00. The van der Waals surface area contributed by atoms with Gasteiger partial charge in [0.05, 0.1) is 11.8 Å². The van der Waals surface area contributed by atoms with Crippen molar-refractivity contribution in [3.63, 3.8) is 0 Å². The smallest absolute Gasteiger partial charge is 0.409 e. The van der Waals surface area contributed by atoms with Gasteiger partial charge in [-0.3, -0.25) is 5.32 Å². The lowest BCUT2D eigenvalue weighted by atomic mass is 10.1. The Bertz CT molecular complexity index is 656. The maximum absolute atomic E-state index is 10.8. The molecule has 0 aliphatic heterocycles. The first-order valence-electron chi connectivity index (χ1n) is 6.56.